The zero-order chi connectivity index (χ0) is 21.6. The summed E-state index contributed by atoms with van der Waals surface area (Å²) in [5.74, 6) is 0.156. The number of aromatic nitrogens is 2. The van der Waals surface area contributed by atoms with E-state index in [4.69, 9.17) is 11.6 Å². The van der Waals surface area contributed by atoms with Crippen LogP contribution in [0.15, 0.2) is 54.9 Å². The third-order valence-electron chi connectivity index (χ3n) is 5.48. The highest BCUT2D eigenvalue weighted by Gasteiger charge is 2.23. The fourth-order valence-electron chi connectivity index (χ4n) is 3.85. The van der Waals surface area contributed by atoms with Gasteiger partial charge in [0.25, 0.3) is 0 Å². The van der Waals surface area contributed by atoms with Crippen molar-refractivity contribution in [1.82, 2.24) is 24.9 Å². The summed E-state index contributed by atoms with van der Waals surface area (Å²) < 4.78 is 1.83. The molecule has 0 saturated carbocycles. The van der Waals surface area contributed by atoms with Crippen LogP contribution in [0, 0.1) is 0 Å². The Morgan fingerprint density at radius 1 is 1.10 bits per heavy atom. The van der Waals surface area contributed by atoms with Crippen LogP contribution in [0.2, 0.25) is 5.02 Å². The van der Waals surface area contributed by atoms with Crippen LogP contribution < -0.4 is 10.6 Å². The van der Waals surface area contributed by atoms with E-state index in [0.29, 0.717) is 18.0 Å². The number of fused-ring (bicyclic) bond motifs is 1. The fraction of sp³-hybridized carbons (Fsp3) is 0.348. The van der Waals surface area contributed by atoms with Crippen molar-refractivity contribution < 1.29 is 9.59 Å². The Hall–Kier alpha value is -3.06. The number of hydrogen-bond acceptors (Lipinski definition) is 3. The molecular formula is C23H26ClN5O2. The molecule has 1 atom stereocenters. The van der Waals surface area contributed by atoms with Crippen LogP contribution in [0.4, 0.5) is 4.79 Å². The molecular weight excluding hydrogens is 414 g/mol. The number of amides is 3. The topological polar surface area (TPSA) is 78.7 Å². The normalized spacial score (nSPS) is 15.5. The minimum atomic E-state index is -0.300. The van der Waals surface area contributed by atoms with Gasteiger partial charge in [-0.05, 0) is 30.5 Å². The highest BCUT2D eigenvalue weighted by molar-refractivity contribution is 6.30. The first-order valence-electron chi connectivity index (χ1n) is 10.6. The monoisotopic (exact) mass is 439 g/mol. The van der Waals surface area contributed by atoms with Gasteiger partial charge < -0.3 is 19.9 Å². The van der Waals surface area contributed by atoms with Gasteiger partial charge in [0, 0.05) is 31.9 Å². The van der Waals surface area contributed by atoms with E-state index in [0.717, 1.165) is 42.7 Å². The van der Waals surface area contributed by atoms with E-state index in [1.807, 2.05) is 51.9 Å². The Morgan fingerprint density at radius 2 is 1.94 bits per heavy atom. The van der Waals surface area contributed by atoms with Crippen LogP contribution >= 0.6 is 11.6 Å². The van der Waals surface area contributed by atoms with E-state index in [2.05, 4.69) is 15.6 Å². The van der Waals surface area contributed by atoms with Crippen molar-refractivity contribution in [1.29, 1.82) is 0 Å². The van der Waals surface area contributed by atoms with Crippen LogP contribution in [0.25, 0.3) is 5.65 Å². The molecule has 8 heteroatoms. The van der Waals surface area contributed by atoms with Crippen molar-refractivity contribution >= 4 is 29.2 Å². The third-order valence-corrected chi connectivity index (χ3v) is 5.70. The lowest BCUT2D eigenvalue weighted by Crippen LogP contribution is -2.44. The standard InChI is InChI=1S/C23H26ClN5O2/c24-18-10-11-21-26-19(15-29(21)14-18)13-25-23(31)27-20(17-7-3-1-4-8-17)16-28-12-6-2-5-9-22(28)30/h1,3-4,7-8,10-11,14-15,20H,2,5-6,9,12-13,16H2,(H2,25,27,31). The average molecular weight is 440 g/mol. The molecule has 0 radical (unpaired) electrons. The van der Waals surface area contributed by atoms with Gasteiger partial charge in [-0.15, -0.1) is 0 Å². The number of carbonyl (C=O) groups excluding carboxylic acids is 2. The number of halogens is 1. The largest absolute Gasteiger partial charge is 0.340 e. The van der Waals surface area contributed by atoms with Gasteiger partial charge in [-0.25, -0.2) is 9.78 Å². The van der Waals surface area contributed by atoms with Gasteiger partial charge in [0.15, 0.2) is 0 Å². The Balaban J connectivity index is 1.41. The Kier molecular flexibility index (Phi) is 6.72. The van der Waals surface area contributed by atoms with Crippen LogP contribution in [-0.2, 0) is 11.3 Å². The quantitative estimate of drug-likeness (QED) is 0.610. The van der Waals surface area contributed by atoms with E-state index in [-0.39, 0.29) is 24.5 Å². The molecule has 0 spiro atoms. The van der Waals surface area contributed by atoms with Gasteiger partial charge >= 0.3 is 6.03 Å². The summed E-state index contributed by atoms with van der Waals surface area (Å²) in [6, 6.07) is 12.8. The van der Waals surface area contributed by atoms with Crippen LogP contribution in [0.3, 0.4) is 0 Å². The Bertz CT molecular complexity index is 1050. The number of nitrogens with one attached hydrogen (secondary N) is 2. The predicted molar refractivity (Wildman–Crippen MR) is 120 cm³/mol. The SMILES string of the molecule is O=C(NCc1cn2cc(Cl)ccc2n1)NC(CN1CCCCCC1=O)c1ccccc1. The number of hydrogen-bond donors (Lipinski definition) is 2. The number of carbonyl (C=O) groups is 2. The maximum absolute atomic E-state index is 12.7. The van der Waals surface area contributed by atoms with Gasteiger partial charge in [0.2, 0.25) is 5.91 Å². The van der Waals surface area contributed by atoms with Crippen LogP contribution in [0.5, 0.6) is 0 Å². The molecule has 3 amide bonds. The van der Waals surface area contributed by atoms with Gasteiger partial charge in [0.05, 0.1) is 23.3 Å². The predicted octanol–water partition coefficient (Wildman–Crippen LogP) is 3.93. The first-order chi connectivity index (χ1) is 15.1. The van der Waals surface area contributed by atoms with E-state index in [1.165, 1.54) is 0 Å². The Morgan fingerprint density at radius 3 is 2.77 bits per heavy atom. The lowest BCUT2D eigenvalue weighted by Gasteiger charge is -2.27. The summed E-state index contributed by atoms with van der Waals surface area (Å²) in [5, 5.41) is 6.53. The number of imidazole rings is 1. The molecule has 31 heavy (non-hydrogen) atoms. The lowest BCUT2D eigenvalue weighted by molar-refractivity contribution is -0.131. The summed E-state index contributed by atoms with van der Waals surface area (Å²) in [6.07, 6.45) is 7.19. The van der Waals surface area contributed by atoms with Gasteiger partial charge in [-0.3, -0.25) is 4.79 Å². The average Bonchev–Trinajstić information content (AvgIpc) is 3.07. The molecule has 0 bridgehead atoms. The lowest BCUT2D eigenvalue weighted by atomic mass is 10.1. The van der Waals surface area contributed by atoms with Crippen LogP contribution in [-0.4, -0.2) is 39.3 Å². The minimum Gasteiger partial charge on any atom is -0.340 e. The molecule has 1 aliphatic rings. The number of nitrogens with zero attached hydrogens (tertiary/aromatic N) is 3. The molecule has 7 nitrogen and oxygen atoms in total. The summed E-state index contributed by atoms with van der Waals surface area (Å²) in [5.41, 5.74) is 2.47. The summed E-state index contributed by atoms with van der Waals surface area (Å²) in [6.45, 7) is 1.48. The molecule has 4 rings (SSSR count). The molecule has 0 aliphatic carbocycles. The second kappa shape index (κ2) is 9.83. The fourth-order valence-corrected chi connectivity index (χ4v) is 4.02. The van der Waals surface area contributed by atoms with Crippen molar-refractivity contribution in [3.8, 4) is 0 Å². The van der Waals surface area contributed by atoms with E-state index < -0.39 is 0 Å². The van der Waals surface area contributed by atoms with Crippen molar-refractivity contribution in [2.75, 3.05) is 13.1 Å². The molecule has 1 aliphatic heterocycles. The first-order valence-corrected chi connectivity index (χ1v) is 11.0. The maximum atomic E-state index is 12.7. The summed E-state index contributed by atoms with van der Waals surface area (Å²) in [7, 11) is 0. The van der Waals surface area contributed by atoms with E-state index in [1.54, 1.807) is 12.3 Å². The highest BCUT2D eigenvalue weighted by Crippen LogP contribution is 2.18. The molecule has 1 fully saturated rings. The zero-order valence-electron chi connectivity index (χ0n) is 17.3. The van der Waals surface area contributed by atoms with Gasteiger partial charge in [0.1, 0.15) is 5.65 Å². The zero-order valence-corrected chi connectivity index (χ0v) is 18.0. The number of benzene rings is 1. The summed E-state index contributed by atoms with van der Waals surface area (Å²) in [4.78, 5) is 31.5. The molecule has 1 saturated heterocycles. The first kappa shape index (κ1) is 21.2. The van der Waals surface area contributed by atoms with Gasteiger partial charge in [-0.2, -0.15) is 0 Å². The molecule has 2 aromatic heterocycles. The number of rotatable bonds is 6. The maximum Gasteiger partial charge on any atom is 0.315 e. The number of urea groups is 1. The van der Waals surface area contributed by atoms with E-state index in [9.17, 15) is 9.59 Å². The Labute approximate surface area is 186 Å². The molecule has 1 aromatic carbocycles. The molecule has 2 N–H and O–H groups in total. The van der Waals surface area contributed by atoms with Gasteiger partial charge in [-0.1, -0.05) is 48.4 Å². The van der Waals surface area contributed by atoms with Crippen molar-refractivity contribution in [2.45, 2.75) is 38.3 Å². The smallest absolute Gasteiger partial charge is 0.315 e. The molecule has 3 heterocycles. The second-order valence-corrected chi connectivity index (χ2v) is 8.22. The van der Waals surface area contributed by atoms with Crippen LogP contribution in [0.1, 0.15) is 43.0 Å². The molecule has 162 valence electrons. The second-order valence-electron chi connectivity index (χ2n) is 7.79. The number of pyridine rings is 1. The number of likely N-dealkylation sites (tertiary alicyclic amines) is 1. The highest BCUT2D eigenvalue weighted by atomic mass is 35.5. The molecule has 1 unspecified atom stereocenters. The minimum absolute atomic E-state index is 0.156. The molecule has 3 aromatic rings. The third kappa shape index (κ3) is 5.55. The van der Waals surface area contributed by atoms with Crippen molar-refractivity contribution in [3.05, 3.63) is 71.1 Å². The van der Waals surface area contributed by atoms with E-state index >= 15 is 0 Å². The summed E-state index contributed by atoms with van der Waals surface area (Å²) >= 11 is 6.02. The van der Waals surface area contributed by atoms with Crippen molar-refractivity contribution in [3.63, 3.8) is 0 Å². The van der Waals surface area contributed by atoms with Crippen molar-refractivity contribution in [2.24, 2.45) is 0 Å².